The quantitative estimate of drug-likeness (QED) is 0.582. The van der Waals surface area contributed by atoms with Crippen molar-refractivity contribution in [1.82, 2.24) is 0 Å². The molecule has 0 bridgehead atoms. The smallest absolute Gasteiger partial charge is 0.0994 e. The SMILES string of the molecule is CCCc1ccc(C#C[C@H]2CC[C@H](c3ccc(CC)cc3)CC2)cc1C#N. The van der Waals surface area contributed by atoms with E-state index in [1.807, 2.05) is 6.07 Å². The van der Waals surface area contributed by atoms with E-state index in [0.29, 0.717) is 11.8 Å². The van der Waals surface area contributed by atoms with Crippen molar-refractivity contribution in [3.05, 3.63) is 70.3 Å². The summed E-state index contributed by atoms with van der Waals surface area (Å²) in [7, 11) is 0. The first kappa shape index (κ1) is 19.3. The van der Waals surface area contributed by atoms with Crippen LogP contribution in [0.25, 0.3) is 0 Å². The van der Waals surface area contributed by atoms with Gasteiger partial charge in [0.25, 0.3) is 0 Å². The molecule has 2 aromatic carbocycles. The Morgan fingerprint density at radius 3 is 2.33 bits per heavy atom. The van der Waals surface area contributed by atoms with E-state index in [9.17, 15) is 5.26 Å². The number of nitrogens with zero attached hydrogens (tertiary/aromatic N) is 1. The first-order valence-corrected chi connectivity index (χ1v) is 10.4. The van der Waals surface area contributed by atoms with Crippen LogP contribution in [0.1, 0.15) is 79.7 Å². The van der Waals surface area contributed by atoms with Gasteiger partial charge in [-0.1, -0.05) is 62.4 Å². The fourth-order valence-corrected chi connectivity index (χ4v) is 4.03. The molecule has 27 heavy (non-hydrogen) atoms. The molecule has 0 N–H and O–H groups in total. The van der Waals surface area contributed by atoms with Crippen molar-refractivity contribution in [3.8, 4) is 17.9 Å². The largest absolute Gasteiger partial charge is 0.192 e. The molecule has 0 aliphatic heterocycles. The molecule has 0 amide bonds. The van der Waals surface area contributed by atoms with E-state index >= 15 is 0 Å². The number of hydrogen-bond acceptors (Lipinski definition) is 1. The van der Waals surface area contributed by atoms with Gasteiger partial charge in [-0.3, -0.25) is 0 Å². The number of rotatable bonds is 4. The highest BCUT2D eigenvalue weighted by Gasteiger charge is 2.21. The summed E-state index contributed by atoms with van der Waals surface area (Å²) in [5.41, 5.74) is 5.80. The van der Waals surface area contributed by atoms with Crippen molar-refractivity contribution >= 4 is 0 Å². The Labute approximate surface area is 164 Å². The highest BCUT2D eigenvalue weighted by Crippen LogP contribution is 2.35. The Bertz CT molecular complexity index is 850. The third-order valence-corrected chi connectivity index (χ3v) is 5.76. The summed E-state index contributed by atoms with van der Waals surface area (Å²) in [5, 5.41) is 9.36. The van der Waals surface area contributed by atoms with E-state index in [-0.39, 0.29) is 0 Å². The molecule has 0 unspecified atom stereocenters. The van der Waals surface area contributed by atoms with Crippen LogP contribution in [0, 0.1) is 29.1 Å². The molecule has 1 aliphatic rings. The maximum atomic E-state index is 9.36. The Hall–Kier alpha value is -2.51. The molecule has 0 heterocycles. The van der Waals surface area contributed by atoms with Crippen LogP contribution in [0.3, 0.4) is 0 Å². The van der Waals surface area contributed by atoms with Crippen LogP contribution >= 0.6 is 0 Å². The van der Waals surface area contributed by atoms with E-state index in [0.717, 1.165) is 36.0 Å². The summed E-state index contributed by atoms with van der Waals surface area (Å²) in [6, 6.07) is 17.6. The zero-order valence-corrected chi connectivity index (χ0v) is 16.6. The van der Waals surface area contributed by atoms with Crippen LogP contribution in [-0.4, -0.2) is 0 Å². The summed E-state index contributed by atoms with van der Waals surface area (Å²) < 4.78 is 0. The molecule has 138 valence electrons. The minimum atomic E-state index is 0.483. The number of aryl methyl sites for hydroxylation is 2. The fraction of sp³-hybridized carbons (Fsp3) is 0.423. The molecule has 0 radical (unpaired) electrons. The van der Waals surface area contributed by atoms with Crippen LogP contribution in [0.4, 0.5) is 0 Å². The monoisotopic (exact) mass is 355 g/mol. The summed E-state index contributed by atoms with van der Waals surface area (Å²) >= 11 is 0. The van der Waals surface area contributed by atoms with Crippen molar-refractivity contribution in [2.24, 2.45) is 5.92 Å². The van der Waals surface area contributed by atoms with Gasteiger partial charge in [-0.2, -0.15) is 5.26 Å². The summed E-state index contributed by atoms with van der Waals surface area (Å²) in [5.74, 6) is 7.97. The van der Waals surface area contributed by atoms with Crippen molar-refractivity contribution in [2.45, 2.75) is 64.7 Å². The van der Waals surface area contributed by atoms with Gasteiger partial charge in [-0.25, -0.2) is 0 Å². The number of nitriles is 1. The van der Waals surface area contributed by atoms with Gasteiger partial charge in [0.05, 0.1) is 11.6 Å². The van der Waals surface area contributed by atoms with Gasteiger partial charge in [0.2, 0.25) is 0 Å². The van der Waals surface area contributed by atoms with Crippen molar-refractivity contribution in [3.63, 3.8) is 0 Å². The Balaban J connectivity index is 1.60. The standard InChI is InChI=1S/C26H29N/c1-3-5-23-17-12-22(18-26(23)19-27)7-6-21-10-15-25(16-11-21)24-13-8-20(4-2)9-14-24/h8-9,12-14,17-18,21,25H,3-5,10-11,15-16H2,1-2H3/t21-,25-. The zero-order chi connectivity index (χ0) is 19.1. The number of hydrogen-bond donors (Lipinski definition) is 0. The summed E-state index contributed by atoms with van der Waals surface area (Å²) in [6.45, 7) is 4.35. The predicted octanol–water partition coefficient (Wildman–Crippen LogP) is 6.40. The van der Waals surface area contributed by atoms with Crippen LogP contribution < -0.4 is 0 Å². The normalized spacial score (nSPS) is 19.0. The molecule has 1 fully saturated rings. The fourth-order valence-electron chi connectivity index (χ4n) is 4.03. The lowest BCUT2D eigenvalue weighted by Gasteiger charge is -2.26. The first-order valence-electron chi connectivity index (χ1n) is 10.4. The van der Waals surface area contributed by atoms with Crippen LogP contribution in [0.5, 0.6) is 0 Å². The maximum Gasteiger partial charge on any atom is 0.0994 e. The lowest BCUT2D eigenvalue weighted by Crippen LogP contribution is -2.12. The van der Waals surface area contributed by atoms with E-state index in [1.165, 1.54) is 36.8 Å². The van der Waals surface area contributed by atoms with Gasteiger partial charge in [-0.15, -0.1) is 0 Å². The summed E-state index contributed by atoms with van der Waals surface area (Å²) in [6.07, 6.45) is 7.92. The van der Waals surface area contributed by atoms with E-state index in [1.54, 1.807) is 0 Å². The Morgan fingerprint density at radius 2 is 1.70 bits per heavy atom. The Kier molecular flexibility index (Phi) is 6.73. The average molecular weight is 356 g/mol. The van der Waals surface area contributed by atoms with Gasteiger partial charge >= 0.3 is 0 Å². The summed E-state index contributed by atoms with van der Waals surface area (Å²) in [4.78, 5) is 0. The third-order valence-electron chi connectivity index (χ3n) is 5.76. The molecular weight excluding hydrogens is 326 g/mol. The first-order chi connectivity index (χ1) is 13.2. The molecule has 0 atom stereocenters. The van der Waals surface area contributed by atoms with E-state index in [4.69, 9.17) is 0 Å². The maximum absolute atomic E-state index is 9.36. The predicted molar refractivity (Wildman–Crippen MR) is 113 cm³/mol. The Morgan fingerprint density at radius 1 is 0.963 bits per heavy atom. The average Bonchev–Trinajstić information content (AvgIpc) is 2.73. The van der Waals surface area contributed by atoms with E-state index in [2.05, 4.69) is 68.2 Å². The highest BCUT2D eigenvalue weighted by molar-refractivity contribution is 5.46. The molecule has 1 saturated carbocycles. The van der Waals surface area contributed by atoms with Crippen molar-refractivity contribution < 1.29 is 0 Å². The van der Waals surface area contributed by atoms with Gasteiger partial charge in [0.1, 0.15) is 0 Å². The van der Waals surface area contributed by atoms with Crippen LogP contribution in [0.15, 0.2) is 42.5 Å². The number of benzene rings is 2. The minimum absolute atomic E-state index is 0.483. The van der Waals surface area contributed by atoms with Gasteiger partial charge in [0.15, 0.2) is 0 Å². The second-order valence-corrected chi connectivity index (χ2v) is 7.65. The minimum Gasteiger partial charge on any atom is -0.192 e. The highest BCUT2D eigenvalue weighted by atomic mass is 14.3. The third kappa shape index (κ3) is 5.02. The molecule has 2 aromatic rings. The van der Waals surface area contributed by atoms with Crippen molar-refractivity contribution in [1.29, 1.82) is 5.26 Å². The van der Waals surface area contributed by atoms with Crippen LogP contribution in [-0.2, 0) is 12.8 Å². The molecule has 1 nitrogen and oxygen atoms in total. The van der Waals surface area contributed by atoms with Crippen LogP contribution in [0.2, 0.25) is 0 Å². The molecule has 0 spiro atoms. The second kappa shape index (κ2) is 9.43. The molecule has 1 aliphatic carbocycles. The zero-order valence-electron chi connectivity index (χ0n) is 16.6. The van der Waals surface area contributed by atoms with Gasteiger partial charge in [0, 0.05) is 11.5 Å². The lowest BCUT2D eigenvalue weighted by atomic mass is 9.79. The van der Waals surface area contributed by atoms with E-state index < -0.39 is 0 Å². The van der Waals surface area contributed by atoms with Crippen molar-refractivity contribution in [2.75, 3.05) is 0 Å². The molecule has 0 aromatic heterocycles. The molecule has 3 rings (SSSR count). The molecule has 1 heteroatoms. The molecular formula is C26H29N. The van der Waals surface area contributed by atoms with Gasteiger partial charge < -0.3 is 0 Å². The topological polar surface area (TPSA) is 23.8 Å². The van der Waals surface area contributed by atoms with Gasteiger partial charge in [-0.05, 0) is 73.3 Å². The second-order valence-electron chi connectivity index (χ2n) is 7.65. The molecule has 0 saturated heterocycles. The lowest BCUT2D eigenvalue weighted by molar-refractivity contribution is 0.384.